The number of nitrogens with zero attached hydrogens (tertiary/aromatic N) is 3. The summed E-state index contributed by atoms with van der Waals surface area (Å²) in [5, 5.41) is 15.3. The minimum atomic E-state index is -1.38. The number of aromatic carboxylic acids is 1. The van der Waals surface area contributed by atoms with Crippen molar-refractivity contribution in [3.63, 3.8) is 0 Å². The summed E-state index contributed by atoms with van der Waals surface area (Å²) in [6, 6.07) is 8.76. The zero-order valence-electron chi connectivity index (χ0n) is 16.5. The number of aromatic nitrogens is 3. The highest BCUT2D eigenvalue weighted by Crippen LogP contribution is 2.32. The van der Waals surface area contributed by atoms with Gasteiger partial charge in [-0.2, -0.15) is 5.10 Å². The van der Waals surface area contributed by atoms with Gasteiger partial charge in [0, 0.05) is 23.2 Å². The summed E-state index contributed by atoms with van der Waals surface area (Å²) >= 11 is 12.2. The van der Waals surface area contributed by atoms with Crippen LogP contribution in [-0.2, 0) is 6.54 Å². The Labute approximate surface area is 186 Å². The molecule has 0 aliphatic carbocycles. The van der Waals surface area contributed by atoms with Crippen molar-refractivity contribution in [2.75, 3.05) is 0 Å². The summed E-state index contributed by atoms with van der Waals surface area (Å²) in [5.41, 5.74) is 0.646. The second kappa shape index (κ2) is 7.83. The van der Waals surface area contributed by atoms with E-state index >= 15 is 0 Å². The molecule has 9 heteroatoms. The number of halogens is 3. The van der Waals surface area contributed by atoms with Crippen molar-refractivity contribution in [3.05, 3.63) is 79.9 Å². The minimum absolute atomic E-state index is 0.0877. The van der Waals surface area contributed by atoms with E-state index in [0.717, 1.165) is 0 Å². The number of carbonyl (C=O) groups is 1. The molecular formula is C22H16Cl2FN3O3. The fourth-order valence-corrected chi connectivity index (χ4v) is 4.09. The summed E-state index contributed by atoms with van der Waals surface area (Å²) in [4.78, 5) is 25.7. The Morgan fingerprint density at radius 3 is 2.55 bits per heavy atom. The predicted octanol–water partition coefficient (Wildman–Crippen LogP) is 5.33. The van der Waals surface area contributed by atoms with Gasteiger partial charge in [0.25, 0.3) is 0 Å². The molecule has 0 saturated carbocycles. The number of fused-ring (bicyclic) bond motifs is 1. The molecule has 0 saturated heterocycles. The maximum absolute atomic E-state index is 13.6. The van der Waals surface area contributed by atoms with Gasteiger partial charge >= 0.3 is 5.97 Å². The van der Waals surface area contributed by atoms with E-state index < -0.39 is 22.8 Å². The molecule has 4 rings (SSSR count). The monoisotopic (exact) mass is 459 g/mol. The summed E-state index contributed by atoms with van der Waals surface area (Å²) in [5.74, 6) is -1.81. The number of carboxylic acid groups (broad SMARTS) is 1. The van der Waals surface area contributed by atoms with E-state index in [-0.39, 0.29) is 16.4 Å². The number of rotatable bonds is 4. The lowest BCUT2D eigenvalue weighted by Crippen LogP contribution is -2.28. The lowest BCUT2D eigenvalue weighted by Gasteiger charge is -2.21. The van der Waals surface area contributed by atoms with Gasteiger partial charge in [0.1, 0.15) is 17.1 Å². The molecule has 0 unspecified atom stereocenters. The molecule has 0 atom stereocenters. The molecule has 2 aromatic heterocycles. The SMILES string of the molecule is CCn1c(C)c(-n2ncc3cc(F)ccc32)c(=O)c(C(=O)O)c1-c1ccc(Cl)c(Cl)c1. The molecule has 1 N–H and O–H groups in total. The normalized spacial score (nSPS) is 11.3. The molecule has 0 bridgehead atoms. The first-order chi connectivity index (χ1) is 14.7. The molecule has 0 aliphatic rings. The first-order valence-electron chi connectivity index (χ1n) is 9.34. The van der Waals surface area contributed by atoms with Gasteiger partial charge in [-0.05, 0) is 44.2 Å². The van der Waals surface area contributed by atoms with Crippen molar-refractivity contribution in [2.24, 2.45) is 0 Å². The van der Waals surface area contributed by atoms with Crippen LogP contribution < -0.4 is 5.43 Å². The number of carboxylic acids is 1. The van der Waals surface area contributed by atoms with Gasteiger partial charge in [-0.25, -0.2) is 13.9 Å². The Bertz CT molecular complexity index is 1430. The van der Waals surface area contributed by atoms with E-state index in [9.17, 15) is 19.1 Å². The van der Waals surface area contributed by atoms with Crippen LogP contribution in [0.15, 0.2) is 47.4 Å². The molecular weight excluding hydrogens is 444 g/mol. The summed E-state index contributed by atoms with van der Waals surface area (Å²) in [6.45, 7) is 3.93. The number of hydrogen-bond acceptors (Lipinski definition) is 3. The van der Waals surface area contributed by atoms with E-state index in [0.29, 0.717) is 33.7 Å². The quantitative estimate of drug-likeness (QED) is 0.447. The molecule has 0 radical (unpaired) electrons. The van der Waals surface area contributed by atoms with Crippen molar-refractivity contribution < 1.29 is 14.3 Å². The van der Waals surface area contributed by atoms with Gasteiger partial charge in [0.05, 0.1) is 27.5 Å². The van der Waals surface area contributed by atoms with Gasteiger partial charge in [-0.3, -0.25) is 4.79 Å². The predicted molar refractivity (Wildman–Crippen MR) is 118 cm³/mol. The molecule has 0 fully saturated rings. The number of benzene rings is 2. The first-order valence-corrected chi connectivity index (χ1v) is 10.1. The lowest BCUT2D eigenvalue weighted by molar-refractivity contribution is 0.0695. The Kier molecular flexibility index (Phi) is 5.33. The van der Waals surface area contributed by atoms with Gasteiger partial charge < -0.3 is 9.67 Å². The van der Waals surface area contributed by atoms with Crippen LogP contribution in [0.5, 0.6) is 0 Å². The van der Waals surface area contributed by atoms with Crippen LogP contribution in [0.4, 0.5) is 4.39 Å². The van der Waals surface area contributed by atoms with Crippen LogP contribution in [0.2, 0.25) is 10.0 Å². The van der Waals surface area contributed by atoms with Crippen LogP contribution in [0.1, 0.15) is 23.0 Å². The molecule has 0 aliphatic heterocycles. The van der Waals surface area contributed by atoms with Gasteiger partial charge in [0.15, 0.2) is 0 Å². The lowest BCUT2D eigenvalue weighted by atomic mass is 10.0. The van der Waals surface area contributed by atoms with E-state index in [1.807, 2.05) is 6.92 Å². The summed E-state index contributed by atoms with van der Waals surface area (Å²) in [6.07, 6.45) is 1.43. The molecule has 2 heterocycles. The molecule has 4 aromatic rings. The highest BCUT2D eigenvalue weighted by Gasteiger charge is 2.27. The number of hydrogen-bond donors (Lipinski definition) is 1. The molecule has 31 heavy (non-hydrogen) atoms. The fourth-order valence-electron chi connectivity index (χ4n) is 3.79. The Morgan fingerprint density at radius 2 is 1.90 bits per heavy atom. The third-order valence-corrected chi connectivity index (χ3v) is 5.90. The Morgan fingerprint density at radius 1 is 1.16 bits per heavy atom. The van der Waals surface area contributed by atoms with E-state index in [1.165, 1.54) is 35.1 Å². The average molecular weight is 460 g/mol. The van der Waals surface area contributed by atoms with Crippen molar-refractivity contribution in [1.82, 2.24) is 14.3 Å². The Balaban J connectivity index is 2.12. The van der Waals surface area contributed by atoms with Crippen molar-refractivity contribution >= 4 is 40.1 Å². The van der Waals surface area contributed by atoms with Gasteiger partial charge in [-0.15, -0.1) is 0 Å². The largest absolute Gasteiger partial charge is 0.477 e. The number of pyridine rings is 1. The van der Waals surface area contributed by atoms with Crippen LogP contribution in [0, 0.1) is 12.7 Å². The van der Waals surface area contributed by atoms with E-state index in [4.69, 9.17) is 23.2 Å². The van der Waals surface area contributed by atoms with E-state index in [2.05, 4.69) is 5.10 Å². The fraction of sp³-hybridized carbons (Fsp3) is 0.136. The van der Waals surface area contributed by atoms with Gasteiger partial charge in [-0.1, -0.05) is 29.3 Å². The zero-order valence-corrected chi connectivity index (χ0v) is 18.0. The highest BCUT2D eigenvalue weighted by atomic mass is 35.5. The molecule has 158 valence electrons. The Hall–Kier alpha value is -3.16. The third kappa shape index (κ3) is 3.40. The topological polar surface area (TPSA) is 77.1 Å². The second-order valence-corrected chi connectivity index (χ2v) is 7.74. The van der Waals surface area contributed by atoms with Crippen LogP contribution in [0.3, 0.4) is 0 Å². The third-order valence-electron chi connectivity index (χ3n) is 5.16. The van der Waals surface area contributed by atoms with Crippen LogP contribution in [-0.4, -0.2) is 25.4 Å². The minimum Gasteiger partial charge on any atom is -0.477 e. The van der Waals surface area contributed by atoms with Crippen LogP contribution in [0.25, 0.3) is 27.8 Å². The summed E-state index contributed by atoms with van der Waals surface area (Å²) in [7, 11) is 0. The van der Waals surface area contributed by atoms with E-state index in [1.54, 1.807) is 23.6 Å². The highest BCUT2D eigenvalue weighted by molar-refractivity contribution is 6.42. The average Bonchev–Trinajstić information content (AvgIpc) is 3.12. The molecule has 6 nitrogen and oxygen atoms in total. The molecule has 0 amide bonds. The molecule has 0 spiro atoms. The van der Waals surface area contributed by atoms with Crippen LogP contribution >= 0.6 is 23.2 Å². The smallest absolute Gasteiger partial charge is 0.341 e. The van der Waals surface area contributed by atoms with Crippen molar-refractivity contribution in [2.45, 2.75) is 20.4 Å². The molecule has 2 aromatic carbocycles. The maximum Gasteiger partial charge on any atom is 0.341 e. The van der Waals surface area contributed by atoms with Crippen molar-refractivity contribution in [3.8, 4) is 16.9 Å². The first kappa shape index (κ1) is 21.1. The standard InChI is InChI=1S/C22H16Cl2FN3O3/c1-3-27-11(2)19(28-17-7-5-14(25)8-13(17)10-26-28)21(29)18(22(30)31)20(27)12-4-6-15(23)16(24)9-12/h4-10H,3H2,1-2H3,(H,30,31). The summed E-state index contributed by atoms with van der Waals surface area (Å²) < 4.78 is 16.7. The second-order valence-electron chi connectivity index (χ2n) is 6.92. The van der Waals surface area contributed by atoms with Gasteiger partial charge in [0.2, 0.25) is 5.43 Å². The zero-order chi connectivity index (χ0) is 22.4. The van der Waals surface area contributed by atoms with Crippen molar-refractivity contribution in [1.29, 1.82) is 0 Å². The maximum atomic E-state index is 13.6.